The zero-order chi connectivity index (χ0) is 18.6. The molecule has 1 heterocycles. The van der Waals surface area contributed by atoms with Crippen molar-refractivity contribution < 1.29 is 28.6 Å². The third-order valence-electron chi connectivity index (χ3n) is 5.03. The molecule has 144 valence electrons. The van der Waals surface area contributed by atoms with Crippen LogP contribution < -0.4 is 5.32 Å². The lowest BCUT2D eigenvalue weighted by Gasteiger charge is -2.39. The topological polar surface area (TPSA) is 94.2 Å². The van der Waals surface area contributed by atoms with Crippen LogP contribution in [0.25, 0.3) is 0 Å². The molecule has 1 saturated heterocycles. The van der Waals surface area contributed by atoms with Crippen molar-refractivity contribution in [2.24, 2.45) is 0 Å². The van der Waals surface area contributed by atoms with Crippen LogP contribution in [0, 0.1) is 0 Å². The fourth-order valence-corrected chi connectivity index (χ4v) is 3.14. The number of carbonyl (C=O) groups is 3. The second kappa shape index (κ2) is 8.18. The van der Waals surface area contributed by atoms with E-state index in [9.17, 15) is 14.4 Å². The molecule has 0 aromatic carbocycles. The first kappa shape index (κ1) is 18.8. The number of esters is 1. The normalized spacial score (nSPS) is 27.0. The van der Waals surface area contributed by atoms with Crippen LogP contribution in [-0.2, 0) is 28.6 Å². The molecule has 0 bridgehead atoms. The van der Waals surface area contributed by atoms with E-state index < -0.39 is 11.8 Å². The molecule has 8 nitrogen and oxygen atoms in total. The van der Waals surface area contributed by atoms with Crippen LogP contribution >= 0.6 is 0 Å². The first-order valence-corrected chi connectivity index (χ1v) is 9.19. The summed E-state index contributed by atoms with van der Waals surface area (Å²) in [7, 11) is 1.51. The number of likely N-dealkylation sites (N-methyl/N-ethyl adjacent to an activating group) is 1. The molecule has 1 aliphatic heterocycles. The van der Waals surface area contributed by atoms with Gasteiger partial charge >= 0.3 is 5.97 Å². The van der Waals surface area contributed by atoms with Gasteiger partial charge in [0.25, 0.3) is 0 Å². The number of carbonyl (C=O) groups excluding carboxylic acids is 3. The van der Waals surface area contributed by atoms with Crippen molar-refractivity contribution in [3.63, 3.8) is 0 Å². The van der Waals surface area contributed by atoms with Crippen LogP contribution in [0.15, 0.2) is 12.3 Å². The summed E-state index contributed by atoms with van der Waals surface area (Å²) in [5.74, 6) is -0.601. The average molecular weight is 366 g/mol. The maximum atomic E-state index is 12.4. The molecular formula is C18H26N2O6. The zero-order valence-electron chi connectivity index (χ0n) is 15.0. The number of hydrogen-bond acceptors (Lipinski definition) is 6. The third-order valence-corrected chi connectivity index (χ3v) is 5.03. The summed E-state index contributed by atoms with van der Waals surface area (Å²) in [6.07, 6.45) is 8.51. The Morgan fingerprint density at radius 3 is 2.62 bits per heavy atom. The maximum absolute atomic E-state index is 12.4. The Balaban J connectivity index is 1.45. The van der Waals surface area contributed by atoms with Gasteiger partial charge in [0.05, 0.1) is 12.2 Å². The Kier molecular flexibility index (Phi) is 5.93. The van der Waals surface area contributed by atoms with Gasteiger partial charge in [-0.1, -0.05) is 0 Å². The number of nitrogens with zero attached hydrogens (tertiary/aromatic N) is 1. The summed E-state index contributed by atoms with van der Waals surface area (Å²) >= 11 is 0. The van der Waals surface area contributed by atoms with Crippen LogP contribution in [0.3, 0.4) is 0 Å². The van der Waals surface area contributed by atoms with Crippen molar-refractivity contribution >= 4 is 18.3 Å². The van der Waals surface area contributed by atoms with Gasteiger partial charge < -0.3 is 19.5 Å². The van der Waals surface area contributed by atoms with E-state index in [0.29, 0.717) is 19.3 Å². The van der Waals surface area contributed by atoms with E-state index in [1.807, 2.05) is 0 Å². The Morgan fingerprint density at radius 2 is 2.04 bits per heavy atom. The van der Waals surface area contributed by atoms with Gasteiger partial charge in [0.15, 0.2) is 5.60 Å². The number of amides is 2. The molecule has 0 aromatic rings. The van der Waals surface area contributed by atoms with E-state index in [-0.39, 0.29) is 30.7 Å². The molecule has 2 aliphatic carbocycles. The van der Waals surface area contributed by atoms with Crippen molar-refractivity contribution in [1.82, 2.24) is 10.2 Å². The number of ether oxygens (including phenoxy) is 3. The molecule has 1 N–H and O–H groups in total. The van der Waals surface area contributed by atoms with Gasteiger partial charge in [0.1, 0.15) is 12.8 Å². The van der Waals surface area contributed by atoms with Crippen LogP contribution in [0.5, 0.6) is 0 Å². The van der Waals surface area contributed by atoms with Crippen LogP contribution in [0.1, 0.15) is 44.9 Å². The number of hydrogen-bond donors (Lipinski definition) is 1. The molecule has 3 aliphatic rings. The Labute approximate surface area is 152 Å². The minimum Gasteiger partial charge on any atom is -0.461 e. The highest BCUT2D eigenvalue weighted by Crippen LogP contribution is 2.42. The lowest BCUT2D eigenvalue weighted by molar-refractivity contribution is -0.191. The predicted molar refractivity (Wildman–Crippen MR) is 90.7 cm³/mol. The van der Waals surface area contributed by atoms with Crippen molar-refractivity contribution in [2.75, 3.05) is 13.7 Å². The van der Waals surface area contributed by atoms with Gasteiger partial charge in [-0.3, -0.25) is 14.5 Å². The van der Waals surface area contributed by atoms with Crippen molar-refractivity contribution in [2.45, 2.75) is 69.0 Å². The highest BCUT2D eigenvalue weighted by Gasteiger charge is 2.50. The van der Waals surface area contributed by atoms with E-state index >= 15 is 0 Å². The van der Waals surface area contributed by atoms with Crippen LogP contribution in [0.4, 0.5) is 0 Å². The molecule has 2 amide bonds. The van der Waals surface area contributed by atoms with Crippen LogP contribution in [0.2, 0.25) is 0 Å². The Bertz CT molecular complexity index is 570. The smallest absolute Gasteiger partial charge is 0.338 e. The van der Waals surface area contributed by atoms with Gasteiger partial charge in [0, 0.05) is 19.3 Å². The summed E-state index contributed by atoms with van der Waals surface area (Å²) < 4.78 is 17.1. The predicted octanol–water partition coefficient (Wildman–Crippen LogP) is 0.854. The first-order chi connectivity index (χ1) is 12.6. The molecule has 0 spiro atoms. The average Bonchev–Trinajstić information content (AvgIpc) is 3.31. The monoisotopic (exact) mass is 366 g/mol. The van der Waals surface area contributed by atoms with Crippen molar-refractivity contribution in [1.29, 1.82) is 0 Å². The van der Waals surface area contributed by atoms with E-state index in [1.54, 1.807) is 0 Å². The van der Waals surface area contributed by atoms with E-state index in [4.69, 9.17) is 14.2 Å². The van der Waals surface area contributed by atoms with Gasteiger partial charge in [-0.25, -0.2) is 4.79 Å². The molecule has 26 heavy (non-hydrogen) atoms. The maximum Gasteiger partial charge on any atom is 0.338 e. The van der Waals surface area contributed by atoms with E-state index in [2.05, 4.69) is 5.32 Å². The molecular weight excluding hydrogens is 340 g/mol. The molecule has 8 heteroatoms. The molecule has 2 saturated carbocycles. The summed E-state index contributed by atoms with van der Waals surface area (Å²) in [6, 6.07) is 0. The lowest BCUT2D eigenvalue weighted by atomic mass is 9.80. The minimum absolute atomic E-state index is 0.150. The minimum atomic E-state index is -0.746. The lowest BCUT2D eigenvalue weighted by Crippen LogP contribution is -2.50. The molecule has 0 radical (unpaired) electrons. The molecule has 2 atom stereocenters. The molecule has 3 fully saturated rings. The number of rotatable bonds is 9. The summed E-state index contributed by atoms with van der Waals surface area (Å²) in [5, 5.41) is 2.44. The van der Waals surface area contributed by atoms with E-state index in [1.165, 1.54) is 24.2 Å². The fourth-order valence-electron chi connectivity index (χ4n) is 3.14. The van der Waals surface area contributed by atoms with Gasteiger partial charge in [-0.15, -0.1) is 0 Å². The quantitative estimate of drug-likeness (QED) is 0.369. The van der Waals surface area contributed by atoms with Crippen molar-refractivity contribution in [3.8, 4) is 0 Å². The highest BCUT2D eigenvalue weighted by molar-refractivity contribution is 5.87. The van der Waals surface area contributed by atoms with E-state index in [0.717, 1.165) is 32.1 Å². The first-order valence-electron chi connectivity index (χ1n) is 9.19. The van der Waals surface area contributed by atoms with Crippen molar-refractivity contribution in [3.05, 3.63) is 12.3 Å². The van der Waals surface area contributed by atoms with Gasteiger partial charge in [-0.05, 0) is 44.9 Å². The Morgan fingerprint density at radius 1 is 1.27 bits per heavy atom. The summed E-state index contributed by atoms with van der Waals surface area (Å²) in [6.45, 7) is 0.150. The second-order valence-corrected chi connectivity index (χ2v) is 7.04. The van der Waals surface area contributed by atoms with Gasteiger partial charge in [0.2, 0.25) is 12.3 Å². The molecule has 3 rings (SSSR count). The molecule has 2 unspecified atom stereocenters. The second-order valence-electron chi connectivity index (χ2n) is 7.04. The number of nitrogens with one attached hydrogen (secondary N) is 1. The van der Waals surface area contributed by atoms with Gasteiger partial charge in [-0.2, -0.15) is 0 Å². The largest absolute Gasteiger partial charge is 0.461 e. The third kappa shape index (κ3) is 4.42. The molecule has 0 aromatic heterocycles. The zero-order valence-corrected chi connectivity index (χ0v) is 15.0. The summed E-state index contributed by atoms with van der Waals surface area (Å²) in [5.41, 5.74) is -0.746. The standard InChI is InChI=1S/C18H26N2O6/c1-19-15(22)7-10-20(12-21)16-6-5-14(25-16)11-24-17(23)18(8-2-9-18)26-13-3-4-13/h7,10,12-14,16H,2-6,8-9,11H2,1H3,(H,19,22)/b10-7-. The summed E-state index contributed by atoms with van der Waals surface area (Å²) in [4.78, 5) is 36.2. The van der Waals surface area contributed by atoms with Crippen LogP contribution in [-0.4, -0.2) is 60.9 Å². The highest BCUT2D eigenvalue weighted by atomic mass is 16.6. The fraction of sp³-hybridized carbons (Fsp3) is 0.722. The SMILES string of the molecule is CNC(=O)/C=C\N(C=O)C1CCC(COC(=O)C2(OC3CC3)CCC2)O1. The Hall–Kier alpha value is -1.93.